The van der Waals surface area contributed by atoms with Crippen LogP contribution in [0.4, 0.5) is 11.4 Å². The zero-order valence-corrected chi connectivity index (χ0v) is 15.4. The molecule has 27 heavy (non-hydrogen) atoms. The maximum absolute atomic E-state index is 11.2. The Morgan fingerprint density at radius 1 is 0.889 bits per heavy atom. The van der Waals surface area contributed by atoms with Crippen molar-refractivity contribution < 1.29 is 9.85 Å². The van der Waals surface area contributed by atoms with Gasteiger partial charge in [0.15, 0.2) is 0 Å². The van der Waals surface area contributed by atoms with E-state index in [0.29, 0.717) is 10.8 Å². The van der Waals surface area contributed by atoms with Crippen molar-refractivity contribution in [1.82, 2.24) is 9.47 Å². The number of hydrogen-bond donors (Lipinski definition) is 0. The minimum atomic E-state index is -0.444. The number of nitro groups is 2. The van der Waals surface area contributed by atoms with Crippen LogP contribution in [-0.4, -0.2) is 38.9 Å². The number of benzene rings is 2. The van der Waals surface area contributed by atoms with Crippen LogP contribution >= 0.6 is 0 Å². The van der Waals surface area contributed by atoms with E-state index in [1.54, 1.807) is 12.1 Å². The molecule has 0 radical (unpaired) electrons. The van der Waals surface area contributed by atoms with Gasteiger partial charge in [-0.15, -0.1) is 0 Å². The van der Waals surface area contributed by atoms with Gasteiger partial charge >= 0.3 is 0 Å². The molecule has 0 amide bonds. The quantitative estimate of drug-likeness (QED) is 0.434. The van der Waals surface area contributed by atoms with Crippen LogP contribution in [0.25, 0.3) is 21.8 Å². The molecule has 0 aliphatic rings. The Kier molecular flexibility index (Phi) is 5.36. The van der Waals surface area contributed by atoms with Gasteiger partial charge in [-0.3, -0.25) is 20.2 Å². The first kappa shape index (κ1) is 18.8. The fraction of sp³-hybridized carbons (Fsp3) is 0.368. The molecule has 3 aromatic rings. The predicted octanol–water partition coefficient (Wildman–Crippen LogP) is 4.34. The Balaban J connectivity index is 2.10. The molecule has 0 bridgehead atoms. The molecule has 0 aliphatic heterocycles. The van der Waals surface area contributed by atoms with E-state index in [0.717, 1.165) is 43.6 Å². The van der Waals surface area contributed by atoms with Gasteiger partial charge in [-0.05, 0) is 38.2 Å². The summed E-state index contributed by atoms with van der Waals surface area (Å²) in [6, 6.07) is 9.44. The third kappa shape index (κ3) is 3.61. The van der Waals surface area contributed by atoms with E-state index in [-0.39, 0.29) is 11.4 Å². The van der Waals surface area contributed by atoms with E-state index in [4.69, 9.17) is 0 Å². The van der Waals surface area contributed by atoms with Crippen molar-refractivity contribution in [2.75, 3.05) is 19.6 Å². The van der Waals surface area contributed by atoms with Crippen LogP contribution < -0.4 is 0 Å². The van der Waals surface area contributed by atoms with Gasteiger partial charge in [0.2, 0.25) is 0 Å². The van der Waals surface area contributed by atoms with Crippen molar-refractivity contribution in [2.45, 2.75) is 26.8 Å². The summed E-state index contributed by atoms with van der Waals surface area (Å²) in [7, 11) is 0. The highest BCUT2D eigenvalue weighted by molar-refractivity contribution is 6.09. The third-order valence-corrected chi connectivity index (χ3v) is 5.00. The van der Waals surface area contributed by atoms with Crippen molar-refractivity contribution >= 4 is 33.2 Å². The van der Waals surface area contributed by atoms with Crippen molar-refractivity contribution in [2.24, 2.45) is 0 Å². The molecule has 1 heterocycles. The Labute approximate surface area is 156 Å². The monoisotopic (exact) mass is 370 g/mol. The van der Waals surface area contributed by atoms with E-state index in [9.17, 15) is 20.2 Å². The van der Waals surface area contributed by atoms with Gasteiger partial charge in [0.25, 0.3) is 11.4 Å². The molecule has 0 aliphatic carbocycles. The number of rotatable bonds is 8. The second-order valence-electron chi connectivity index (χ2n) is 6.45. The average Bonchev–Trinajstić information content (AvgIpc) is 2.97. The molecule has 142 valence electrons. The van der Waals surface area contributed by atoms with Crippen LogP contribution in [0.1, 0.15) is 20.3 Å². The lowest BCUT2D eigenvalue weighted by Gasteiger charge is -2.18. The Hall–Kier alpha value is -3.00. The van der Waals surface area contributed by atoms with Gasteiger partial charge in [0.1, 0.15) is 0 Å². The Morgan fingerprint density at radius 2 is 1.37 bits per heavy atom. The first-order chi connectivity index (χ1) is 13.0. The maximum atomic E-state index is 11.2. The van der Waals surface area contributed by atoms with E-state index < -0.39 is 9.85 Å². The summed E-state index contributed by atoms with van der Waals surface area (Å²) >= 11 is 0. The van der Waals surface area contributed by atoms with Gasteiger partial charge in [-0.1, -0.05) is 13.8 Å². The van der Waals surface area contributed by atoms with Crippen LogP contribution in [0.15, 0.2) is 36.4 Å². The van der Waals surface area contributed by atoms with Crippen LogP contribution in [-0.2, 0) is 6.54 Å². The van der Waals surface area contributed by atoms with Crippen LogP contribution in [0, 0.1) is 20.2 Å². The van der Waals surface area contributed by atoms with Gasteiger partial charge in [0, 0.05) is 52.6 Å². The smallest absolute Gasteiger partial charge is 0.270 e. The lowest BCUT2D eigenvalue weighted by molar-refractivity contribution is -0.385. The standard InChI is InChI=1S/C19H22N4O4/c1-3-20(4-2)10-5-11-21-18-8-6-14(22(24)25)12-16(18)17-13-15(23(26)27)7-9-19(17)21/h6-9,12-13H,3-5,10-11H2,1-2H3. The van der Waals surface area contributed by atoms with Gasteiger partial charge in [-0.2, -0.15) is 0 Å². The van der Waals surface area contributed by atoms with Crippen molar-refractivity contribution in [1.29, 1.82) is 0 Å². The molecule has 3 rings (SSSR count). The number of non-ortho nitro benzene ring substituents is 2. The van der Waals surface area contributed by atoms with Crippen LogP contribution in [0.2, 0.25) is 0 Å². The second kappa shape index (κ2) is 7.71. The minimum absolute atomic E-state index is 0.0174. The van der Waals surface area contributed by atoms with E-state index >= 15 is 0 Å². The Morgan fingerprint density at radius 3 is 1.78 bits per heavy atom. The maximum Gasteiger partial charge on any atom is 0.270 e. The summed E-state index contributed by atoms with van der Waals surface area (Å²) in [5.74, 6) is 0. The first-order valence-corrected chi connectivity index (χ1v) is 9.03. The topological polar surface area (TPSA) is 94.5 Å². The van der Waals surface area contributed by atoms with E-state index in [1.165, 1.54) is 24.3 Å². The molecule has 0 fully saturated rings. The zero-order valence-electron chi connectivity index (χ0n) is 15.4. The van der Waals surface area contributed by atoms with Gasteiger partial charge in [-0.25, -0.2) is 0 Å². The summed E-state index contributed by atoms with van der Waals surface area (Å²) in [6.45, 7) is 7.93. The van der Waals surface area contributed by atoms with Crippen molar-refractivity contribution in [3.63, 3.8) is 0 Å². The largest absolute Gasteiger partial charge is 0.340 e. The molecule has 1 aromatic heterocycles. The van der Waals surface area contributed by atoms with Crippen LogP contribution in [0.3, 0.4) is 0 Å². The average molecular weight is 370 g/mol. The molecule has 2 aromatic carbocycles. The summed E-state index contributed by atoms with van der Waals surface area (Å²) in [5, 5.41) is 23.7. The van der Waals surface area contributed by atoms with E-state index in [1.807, 2.05) is 0 Å². The molecule has 0 N–H and O–H groups in total. The molecule has 0 saturated carbocycles. The van der Waals surface area contributed by atoms with Crippen molar-refractivity contribution in [3.05, 3.63) is 56.6 Å². The molecular weight excluding hydrogens is 348 g/mol. The molecule has 8 heteroatoms. The molecule has 0 unspecified atom stereocenters. The lowest BCUT2D eigenvalue weighted by atomic mass is 10.1. The number of aromatic nitrogens is 1. The summed E-state index contributed by atoms with van der Waals surface area (Å²) in [6.07, 6.45) is 0.925. The third-order valence-electron chi connectivity index (χ3n) is 5.00. The SMILES string of the molecule is CCN(CC)CCCn1c2ccc([N+](=O)[O-])cc2c2cc([N+](=O)[O-])ccc21. The van der Waals surface area contributed by atoms with E-state index in [2.05, 4.69) is 23.3 Å². The van der Waals surface area contributed by atoms with Crippen LogP contribution in [0.5, 0.6) is 0 Å². The summed E-state index contributed by atoms with van der Waals surface area (Å²) in [5.41, 5.74) is 1.68. The lowest BCUT2D eigenvalue weighted by Crippen LogP contribution is -2.24. The second-order valence-corrected chi connectivity index (χ2v) is 6.45. The molecule has 0 atom stereocenters. The normalized spacial score (nSPS) is 11.5. The summed E-state index contributed by atoms with van der Waals surface area (Å²) < 4.78 is 2.10. The highest BCUT2D eigenvalue weighted by Gasteiger charge is 2.17. The number of nitrogens with zero attached hydrogens (tertiary/aromatic N) is 4. The predicted molar refractivity (Wildman–Crippen MR) is 105 cm³/mol. The highest BCUT2D eigenvalue weighted by atomic mass is 16.6. The molecule has 0 saturated heterocycles. The molecular formula is C19H22N4O4. The number of nitro benzene ring substituents is 2. The molecule has 0 spiro atoms. The van der Waals surface area contributed by atoms with Crippen molar-refractivity contribution in [3.8, 4) is 0 Å². The molecule has 8 nitrogen and oxygen atoms in total. The van der Waals surface area contributed by atoms with Gasteiger partial charge in [0.05, 0.1) is 9.85 Å². The first-order valence-electron chi connectivity index (χ1n) is 9.03. The fourth-order valence-electron chi connectivity index (χ4n) is 3.54. The zero-order chi connectivity index (χ0) is 19.6. The number of fused-ring (bicyclic) bond motifs is 3. The summed E-state index contributed by atoms with van der Waals surface area (Å²) in [4.78, 5) is 23.8. The fourth-order valence-corrected chi connectivity index (χ4v) is 3.54. The Bertz CT molecular complexity index is 937. The number of aryl methyl sites for hydroxylation is 1. The highest BCUT2D eigenvalue weighted by Crippen LogP contribution is 2.34. The number of hydrogen-bond acceptors (Lipinski definition) is 5. The van der Waals surface area contributed by atoms with Gasteiger partial charge < -0.3 is 9.47 Å². The minimum Gasteiger partial charge on any atom is -0.340 e.